The highest BCUT2D eigenvalue weighted by atomic mass is 79.9. The van der Waals surface area contributed by atoms with E-state index in [0.717, 1.165) is 0 Å². The topological polar surface area (TPSA) is 63.6 Å². The number of hydrogen-bond acceptors (Lipinski definition) is 3. The highest BCUT2D eigenvalue weighted by Crippen LogP contribution is 2.32. The third-order valence-electron chi connectivity index (χ3n) is 2.56. The first kappa shape index (κ1) is 12.1. The Balaban J connectivity index is 2.09. The zero-order valence-corrected chi connectivity index (χ0v) is 10.6. The number of carboxylic acid groups (broad SMARTS) is 1. The highest BCUT2D eigenvalue weighted by Gasteiger charge is 2.22. The molecular formula is C12H11BrO4. The molecule has 1 aromatic carbocycles. The van der Waals surface area contributed by atoms with Crippen LogP contribution < -0.4 is 4.74 Å². The summed E-state index contributed by atoms with van der Waals surface area (Å²) in [6.45, 7) is 0.671. The van der Waals surface area contributed by atoms with Crippen molar-refractivity contribution in [2.24, 2.45) is 5.92 Å². The Kier molecular flexibility index (Phi) is 3.47. The Hall–Kier alpha value is -1.36. The van der Waals surface area contributed by atoms with E-state index >= 15 is 0 Å². The monoisotopic (exact) mass is 298 g/mol. The zero-order valence-electron chi connectivity index (χ0n) is 8.98. The van der Waals surface area contributed by atoms with Gasteiger partial charge in [-0.2, -0.15) is 0 Å². The van der Waals surface area contributed by atoms with Gasteiger partial charge in [-0.1, -0.05) is 0 Å². The summed E-state index contributed by atoms with van der Waals surface area (Å²) in [4.78, 5) is 21.7. The number of Topliss-reactive ketones (excluding diaryl/α,β-unsaturated/α-hetero) is 1. The van der Waals surface area contributed by atoms with Crippen LogP contribution in [-0.2, 0) is 4.79 Å². The van der Waals surface area contributed by atoms with Crippen molar-refractivity contribution in [2.75, 3.05) is 6.61 Å². The van der Waals surface area contributed by atoms with Gasteiger partial charge in [0.05, 0.1) is 11.1 Å². The highest BCUT2D eigenvalue weighted by molar-refractivity contribution is 9.10. The van der Waals surface area contributed by atoms with E-state index in [1.807, 2.05) is 0 Å². The van der Waals surface area contributed by atoms with Crippen molar-refractivity contribution in [3.8, 4) is 5.75 Å². The lowest BCUT2D eigenvalue weighted by molar-refractivity contribution is -0.131. The van der Waals surface area contributed by atoms with Gasteiger partial charge in [0.1, 0.15) is 5.75 Å². The molecule has 0 heterocycles. The van der Waals surface area contributed by atoms with Crippen LogP contribution in [0.2, 0.25) is 0 Å². The van der Waals surface area contributed by atoms with E-state index in [1.54, 1.807) is 6.07 Å². The first-order chi connectivity index (χ1) is 8.08. The normalized spacial score (nSPS) is 14.4. The lowest BCUT2D eigenvalue weighted by atomic mass is 10.1. The van der Waals surface area contributed by atoms with Gasteiger partial charge >= 0.3 is 5.97 Å². The van der Waals surface area contributed by atoms with Crippen molar-refractivity contribution in [3.63, 3.8) is 0 Å². The molecule has 0 aromatic heterocycles. The average Bonchev–Trinajstić information content (AvgIpc) is 3.10. The summed E-state index contributed by atoms with van der Waals surface area (Å²) in [5.74, 6) is -1.09. The fraction of sp³-hybridized carbons (Fsp3) is 0.333. The van der Waals surface area contributed by atoms with Crippen LogP contribution >= 0.6 is 15.9 Å². The number of hydrogen-bond donors (Lipinski definition) is 1. The Morgan fingerprint density at radius 1 is 1.41 bits per heavy atom. The first-order valence-corrected chi connectivity index (χ1v) is 6.07. The maximum atomic E-state index is 11.2. The minimum atomic E-state index is -1.46. The molecule has 2 rings (SSSR count). The van der Waals surface area contributed by atoms with Gasteiger partial charge in [0.15, 0.2) is 0 Å². The lowest BCUT2D eigenvalue weighted by Crippen LogP contribution is -2.12. The molecule has 5 heteroatoms. The molecule has 0 spiro atoms. The minimum absolute atomic E-state index is 0.142. The van der Waals surface area contributed by atoms with Crippen LogP contribution in [0.3, 0.4) is 0 Å². The Morgan fingerprint density at radius 3 is 2.65 bits per heavy atom. The number of ketones is 1. The van der Waals surface area contributed by atoms with E-state index in [2.05, 4.69) is 15.9 Å². The SMILES string of the molecule is O=C(O)C(=O)c1ccc(OCC2CC2)c(Br)c1. The summed E-state index contributed by atoms with van der Waals surface area (Å²) in [5, 5.41) is 8.58. The number of aliphatic carboxylic acids is 1. The summed E-state index contributed by atoms with van der Waals surface area (Å²) in [6.07, 6.45) is 2.40. The average molecular weight is 299 g/mol. The molecule has 0 amide bonds. The number of benzene rings is 1. The van der Waals surface area contributed by atoms with Crippen LogP contribution in [0.1, 0.15) is 23.2 Å². The molecular weight excluding hydrogens is 288 g/mol. The van der Waals surface area contributed by atoms with Crippen LogP contribution in [0, 0.1) is 5.92 Å². The van der Waals surface area contributed by atoms with E-state index in [4.69, 9.17) is 9.84 Å². The Bertz CT molecular complexity index is 466. The van der Waals surface area contributed by atoms with E-state index in [-0.39, 0.29) is 5.56 Å². The second-order valence-corrected chi connectivity index (χ2v) is 4.89. The largest absolute Gasteiger partial charge is 0.492 e. The van der Waals surface area contributed by atoms with Crippen LogP contribution in [-0.4, -0.2) is 23.5 Å². The molecule has 90 valence electrons. The van der Waals surface area contributed by atoms with Gasteiger partial charge in [-0.25, -0.2) is 4.79 Å². The third-order valence-corrected chi connectivity index (χ3v) is 3.18. The van der Waals surface area contributed by atoms with Crippen LogP contribution in [0.25, 0.3) is 0 Å². The maximum Gasteiger partial charge on any atom is 0.377 e. The zero-order chi connectivity index (χ0) is 12.4. The van der Waals surface area contributed by atoms with Gasteiger partial charge in [0.2, 0.25) is 0 Å². The minimum Gasteiger partial charge on any atom is -0.492 e. The maximum absolute atomic E-state index is 11.2. The molecule has 4 nitrogen and oxygen atoms in total. The van der Waals surface area contributed by atoms with E-state index < -0.39 is 11.8 Å². The molecule has 0 saturated heterocycles. The van der Waals surface area contributed by atoms with Crippen LogP contribution in [0.5, 0.6) is 5.75 Å². The van der Waals surface area contributed by atoms with Crippen LogP contribution in [0.4, 0.5) is 0 Å². The third kappa shape index (κ3) is 3.06. The molecule has 1 aliphatic carbocycles. The number of carbonyl (C=O) groups excluding carboxylic acids is 1. The fourth-order valence-electron chi connectivity index (χ4n) is 1.37. The second kappa shape index (κ2) is 4.87. The van der Waals surface area contributed by atoms with Crippen molar-refractivity contribution in [1.29, 1.82) is 0 Å². The lowest BCUT2D eigenvalue weighted by Gasteiger charge is -2.08. The van der Waals surface area contributed by atoms with Gasteiger partial charge < -0.3 is 9.84 Å². The van der Waals surface area contributed by atoms with Crippen molar-refractivity contribution in [1.82, 2.24) is 0 Å². The molecule has 1 N–H and O–H groups in total. The molecule has 0 unspecified atom stereocenters. The number of halogens is 1. The molecule has 1 aliphatic rings. The first-order valence-electron chi connectivity index (χ1n) is 5.28. The fourth-order valence-corrected chi connectivity index (χ4v) is 1.87. The van der Waals surface area contributed by atoms with E-state index in [1.165, 1.54) is 25.0 Å². The number of rotatable bonds is 5. The summed E-state index contributed by atoms with van der Waals surface area (Å²) in [7, 11) is 0. The molecule has 1 fully saturated rings. The summed E-state index contributed by atoms with van der Waals surface area (Å²) < 4.78 is 6.15. The van der Waals surface area contributed by atoms with Gasteiger partial charge in [-0.3, -0.25) is 4.79 Å². The smallest absolute Gasteiger partial charge is 0.377 e. The number of carboxylic acids is 1. The Morgan fingerprint density at radius 2 is 2.12 bits per heavy atom. The predicted octanol–water partition coefficient (Wildman–Crippen LogP) is 2.51. The standard InChI is InChI=1S/C12H11BrO4/c13-9-5-8(11(14)12(15)16)3-4-10(9)17-6-7-1-2-7/h3-5,7H,1-2,6H2,(H,15,16). The van der Waals surface area contributed by atoms with Gasteiger partial charge in [-0.05, 0) is 52.9 Å². The Labute approximate surface area is 107 Å². The van der Waals surface area contributed by atoms with Crippen LogP contribution in [0.15, 0.2) is 22.7 Å². The molecule has 0 aliphatic heterocycles. The molecule has 0 bridgehead atoms. The van der Waals surface area contributed by atoms with E-state index in [0.29, 0.717) is 22.7 Å². The van der Waals surface area contributed by atoms with Gasteiger partial charge in [-0.15, -0.1) is 0 Å². The number of ether oxygens (including phenoxy) is 1. The van der Waals surface area contributed by atoms with Crippen molar-refractivity contribution in [2.45, 2.75) is 12.8 Å². The van der Waals surface area contributed by atoms with Crippen molar-refractivity contribution >= 4 is 27.7 Å². The molecule has 17 heavy (non-hydrogen) atoms. The van der Waals surface area contributed by atoms with Crippen molar-refractivity contribution in [3.05, 3.63) is 28.2 Å². The number of carbonyl (C=O) groups is 2. The summed E-state index contributed by atoms with van der Waals surface area (Å²) in [5.41, 5.74) is 0.142. The molecule has 1 saturated carbocycles. The summed E-state index contributed by atoms with van der Waals surface area (Å²) >= 11 is 3.26. The van der Waals surface area contributed by atoms with Crippen molar-refractivity contribution < 1.29 is 19.4 Å². The molecule has 0 radical (unpaired) electrons. The van der Waals surface area contributed by atoms with Gasteiger partial charge in [0, 0.05) is 5.56 Å². The second-order valence-electron chi connectivity index (χ2n) is 4.03. The van der Waals surface area contributed by atoms with Gasteiger partial charge in [0.25, 0.3) is 5.78 Å². The van der Waals surface area contributed by atoms with E-state index in [9.17, 15) is 9.59 Å². The molecule has 0 atom stereocenters. The quantitative estimate of drug-likeness (QED) is 0.670. The molecule has 1 aromatic rings. The predicted molar refractivity (Wildman–Crippen MR) is 64.3 cm³/mol. The summed E-state index contributed by atoms with van der Waals surface area (Å²) in [6, 6.07) is 4.55.